The summed E-state index contributed by atoms with van der Waals surface area (Å²) in [4.78, 5) is 73.2. The molecular weight excluding hydrogens is 633 g/mol. The Morgan fingerprint density at radius 2 is 1.80 bits per heavy atom. The summed E-state index contributed by atoms with van der Waals surface area (Å²) in [7, 11) is 0. The lowest BCUT2D eigenvalue weighted by atomic mass is 9.96. The number of nitrogens with zero attached hydrogens (tertiary/aromatic N) is 4. The molecule has 13 heteroatoms. The fraction of sp³-hybridized carbons (Fsp3) is 0.312. The maximum atomic E-state index is 13.8. The molecule has 3 aliphatic heterocycles. The summed E-state index contributed by atoms with van der Waals surface area (Å²) in [6.45, 7) is 1.57. The number of aromatic nitrogens is 1. The molecule has 45 heavy (non-hydrogen) atoms. The van der Waals surface area contributed by atoms with Crippen LogP contribution in [0.3, 0.4) is 0 Å². The number of carbonyl (C=O) groups excluding carboxylic acids is 4. The maximum absolute atomic E-state index is 13.8. The third-order valence-electron chi connectivity index (χ3n) is 8.61. The highest BCUT2D eigenvalue weighted by Gasteiger charge is 2.42. The fourth-order valence-electron chi connectivity index (χ4n) is 6.59. The van der Waals surface area contributed by atoms with Crippen molar-refractivity contribution in [2.75, 3.05) is 11.4 Å². The van der Waals surface area contributed by atoms with Gasteiger partial charge in [-0.15, -0.1) is 16.4 Å². The van der Waals surface area contributed by atoms with E-state index in [1.165, 1.54) is 20.7 Å². The lowest BCUT2D eigenvalue weighted by Gasteiger charge is -2.27. The second-order valence-electron chi connectivity index (χ2n) is 11.2. The molecule has 7 rings (SSSR count). The topological polar surface area (TPSA) is 109 Å². The molecule has 3 aromatic rings. The van der Waals surface area contributed by atoms with E-state index in [1.54, 1.807) is 13.0 Å². The van der Waals surface area contributed by atoms with E-state index in [0.29, 0.717) is 32.4 Å². The molecule has 0 bridgehead atoms. The number of anilines is 2. The second-order valence-corrected chi connectivity index (χ2v) is 13.9. The van der Waals surface area contributed by atoms with E-state index >= 15 is 0 Å². The first-order valence-electron chi connectivity index (χ1n) is 14.8. The number of imide groups is 1. The van der Waals surface area contributed by atoms with Gasteiger partial charge in [0.1, 0.15) is 20.4 Å². The predicted octanol–water partition coefficient (Wildman–Crippen LogP) is 3.12. The number of hydroxylamine groups is 2. The third-order valence-corrected chi connectivity index (χ3v) is 11.3. The van der Waals surface area contributed by atoms with Crippen molar-refractivity contribution in [3.05, 3.63) is 79.2 Å². The van der Waals surface area contributed by atoms with Crippen LogP contribution in [-0.4, -0.2) is 55.1 Å². The van der Waals surface area contributed by atoms with E-state index in [2.05, 4.69) is 29.2 Å². The number of benzene rings is 2. The highest BCUT2D eigenvalue weighted by molar-refractivity contribution is 8.30. The second kappa shape index (κ2) is 11.7. The molecule has 1 aromatic heterocycles. The molecule has 230 valence electrons. The van der Waals surface area contributed by atoms with Gasteiger partial charge in [0.05, 0.1) is 4.53 Å². The van der Waals surface area contributed by atoms with Crippen LogP contribution in [0.4, 0.5) is 11.4 Å². The minimum absolute atomic E-state index is 0.0479. The van der Waals surface area contributed by atoms with Crippen LogP contribution < -0.4 is 19.7 Å². The van der Waals surface area contributed by atoms with Crippen LogP contribution in [0, 0.1) is 0 Å². The molecular formula is C32H28N4O6S3. The Morgan fingerprint density at radius 1 is 1.04 bits per heavy atom. The standard InChI is InChI=1S/C32H28N4O6S3/c1-2-33-30(41)28(45-32(33)43)31-34(17-27(39)42-36-25(37)13-14-26(36)38)29(40)24(44-31)16-18-11-12-23-21(15-18)20-9-6-10-22(20)35(23)19-7-4-3-5-8-19/h3-5,7-8,11-12,15-16,20,22H,2,6,9-10,13-14,17H2,1H3/b24-16+,31-28+. The summed E-state index contributed by atoms with van der Waals surface area (Å²) in [5, 5.41) is 0.447. The van der Waals surface area contributed by atoms with Crippen molar-refractivity contribution < 1.29 is 24.0 Å². The van der Waals surface area contributed by atoms with E-state index in [0.717, 1.165) is 53.6 Å². The number of fused-ring (bicyclic) bond motifs is 3. The minimum atomic E-state index is -0.969. The zero-order valence-corrected chi connectivity index (χ0v) is 26.7. The predicted molar refractivity (Wildman–Crippen MR) is 175 cm³/mol. The number of hydrogen-bond acceptors (Lipinski definition) is 10. The van der Waals surface area contributed by atoms with Crippen molar-refractivity contribution in [3.8, 4) is 0 Å². The van der Waals surface area contributed by atoms with Gasteiger partial charge in [-0.3, -0.25) is 28.6 Å². The average molecular weight is 661 g/mol. The molecule has 3 fully saturated rings. The average Bonchev–Trinajstić information content (AvgIpc) is 3.82. The van der Waals surface area contributed by atoms with Crippen LogP contribution in [0.1, 0.15) is 56.1 Å². The quantitative estimate of drug-likeness (QED) is 0.291. The first-order valence-corrected chi connectivity index (χ1v) is 16.8. The zero-order chi connectivity index (χ0) is 31.4. The summed E-state index contributed by atoms with van der Waals surface area (Å²) in [6.07, 6.45) is 5.04. The minimum Gasteiger partial charge on any atom is -0.338 e. The van der Waals surface area contributed by atoms with Gasteiger partial charge in [-0.1, -0.05) is 54.7 Å². The fourth-order valence-corrected chi connectivity index (χ4v) is 9.23. The molecule has 2 unspecified atom stereocenters. The molecule has 1 aliphatic carbocycles. The highest BCUT2D eigenvalue weighted by atomic mass is 32.2. The Labute approximate surface area is 271 Å². The van der Waals surface area contributed by atoms with Crippen LogP contribution in [0.25, 0.3) is 11.0 Å². The molecule has 0 spiro atoms. The first kappa shape index (κ1) is 29.6. The number of hydrogen-bond donors (Lipinski definition) is 0. The Bertz CT molecular complexity index is 1950. The lowest BCUT2D eigenvalue weighted by Crippen LogP contribution is -2.39. The molecule has 0 radical (unpaired) electrons. The molecule has 0 N–H and O–H groups in total. The van der Waals surface area contributed by atoms with Crippen LogP contribution >= 0.6 is 35.3 Å². The summed E-state index contributed by atoms with van der Waals surface area (Å²) >= 11 is 7.57. The largest absolute Gasteiger partial charge is 0.352 e. The van der Waals surface area contributed by atoms with Gasteiger partial charge in [-0.25, -0.2) is 4.79 Å². The highest BCUT2D eigenvalue weighted by Crippen LogP contribution is 2.52. The van der Waals surface area contributed by atoms with Gasteiger partial charge in [0.15, 0.2) is 0 Å². The number of thioether (sulfide) groups is 1. The zero-order valence-electron chi connectivity index (χ0n) is 24.3. The molecule has 3 amide bonds. The van der Waals surface area contributed by atoms with Crippen LogP contribution in [0.5, 0.6) is 0 Å². The normalized spacial score (nSPS) is 22.6. The summed E-state index contributed by atoms with van der Waals surface area (Å²) in [6, 6.07) is 17.0. The molecule has 2 aromatic carbocycles. The van der Waals surface area contributed by atoms with Crippen molar-refractivity contribution in [3.63, 3.8) is 0 Å². The van der Waals surface area contributed by atoms with Gasteiger partial charge < -0.3 is 9.74 Å². The van der Waals surface area contributed by atoms with Crippen molar-refractivity contribution in [1.82, 2.24) is 14.5 Å². The van der Waals surface area contributed by atoms with Crippen LogP contribution in [-0.2, 0) is 30.6 Å². The van der Waals surface area contributed by atoms with Gasteiger partial charge >= 0.3 is 5.97 Å². The Balaban J connectivity index is 1.30. The lowest BCUT2D eigenvalue weighted by molar-refractivity contribution is -0.198. The molecule has 2 saturated heterocycles. The SMILES string of the molecule is CCN1C(=O)/C(=c2\s/c(=C/c3ccc4c(c3)C3CCCC3N4c3ccccc3)c(=O)n2CC(=O)ON2C(=O)CCC2=O)SC1=S. The Hall–Kier alpha value is -4.07. The molecule has 1 saturated carbocycles. The smallest absolute Gasteiger partial charge is 0.338 e. The summed E-state index contributed by atoms with van der Waals surface area (Å²) in [5.41, 5.74) is 3.93. The van der Waals surface area contributed by atoms with Gasteiger partial charge in [0.25, 0.3) is 23.3 Å². The number of amides is 3. The summed E-state index contributed by atoms with van der Waals surface area (Å²) < 4.78 is 2.12. The van der Waals surface area contributed by atoms with E-state index in [1.807, 2.05) is 24.3 Å². The first-order chi connectivity index (χ1) is 21.7. The molecule has 2 atom stereocenters. The Kier molecular flexibility index (Phi) is 7.70. The number of rotatable bonds is 6. The van der Waals surface area contributed by atoms with E-state index in [9.17, 15) is 24.0 Å². The number of thiazole rings is 1. The molecule has 4 heterocycles. The monoisotopic (exact) mass is 660 g/mol. The molecule has 4 aliphatic rings. The third kappa shape index (κ3) is 5.12. The number of carbonyl (C=O) groups is 4. The van der Waals surface area contributed by atoms with Gasteiger partial charge in [0.2, 0.25) is 0 Å². The van der Waals surface area contributed by atoms with Crippen LogP contribution in [0.15, 0.2) is 53.3 Å². The number of para-hydroxylation sites is 1. The van der Waals surface area contributed by atoms with Gasteiger partial charge in [-0.2, -0.15) is 0 Å². The maximum Gasteiger partial charge on any atom is 0.352 e. The van der Waals surface area contributed by atoms with E-state index < -0.39 is 29.9 Å². The summed E-state index contributed by atoms with van der Waals surface area (Å²) in [5.74, 6) is -2.17. The molecule has 10 nitrogen and oxygen atoms in total. The van der Waals surface area contributed by atoms with Gasteiger partial charge in [0, 0.05) is 42.7 Å². The van der Waals surface area contributed by atoms with E-state index in [-0.39, 0.29) is 28.3 Å². The van der Waals surface area contributed by atoms with E-state index in [4.69, 9.17) is 17.1 Å². The number of thiocarbonyl (C=S) groups is 1. The van der Waals surface area contributed by atoms with Crippen molar-refractivity contribution in [2.45, 2.75) is 57.5 Å². The van der Waals surface area contributed by atoms with Crippen molar-refractivity contribution in [2.24, 2.45) is 0 Å². The van der Waals surface area contributed by atoms with Crippen LogP contribution in [0.2, 0.25) is 0 Å². The van der Waals surface area contributed by atoms with Crippen molar-refractivity contribution in [1.29, 1.82) is 0 Å². The van der Waals surface area contributed by atoms with Crippen molar-refractivity contribution >= 4 is 85.7 Å². The Morgan fingerprint density at radius 3 is 2.51 bits per heavy atom. The van der Waals surface area contributed by atoms with Gasteiger partial charge in [-0.05, 0) is 61.2 Å².